The number of nitrogens with zero attached hydrogens (tertiary/aromatic N) is 4. The molecule has 0 saturated carbocycles. The molecule has 0 spiro atoms. The van der Waals surface area contributed by atoms with Gasteiger partial charge in [-0.15, -0.1) is 11.3 Å². The zero-order chi connectivity index (χ0) is 50.7. The molecule has 1 aliphatic heterocycles. The van der Waals surface area contributed by atoms with E-state index in [1.54, 1.807) is 50.7 Å². The van der Waals surface area contributed by atoms with Crippen LogP contribution in [0.5, 0.6) is 0 Å². The Bertz CT molecular complexity index is 1870. The Morgan fingerprint density at radius 1 is 0.912 bits per heavy atom. The molecule has 16 heteroatoms. The van der Waals surface area contributed by atoms with Gasteiger partial charge in [-0.1, -0.05) is 91.6 Å². The van der Waals surface area contributed by atoms with E-state index in [0.29, 0.717) is 45.2 Å². The van der Waals surface area contributed by atoms with Crippen LogP contribution in [0.25, 0.3) is 0 Å². The highest BCUT2D eigenvalue weighted by molar-refractivity contribution is 7.09. The normalized spacial score (nSPS) is 18.0. The topological polar surface area (TPSA) is 208 Å². The van der Waals surface area contributed by atoms with Gasteiger partial charge in [0, 0.05) is 90.0 Å². The van der Waals surface area contributed by atoms with Gasteiger partial charge < -0.3 is 41.0 Å². The first-order valence-electron chi connectivity index (χ1n) is 24.9. The lowest BCUT2D eigenvalue weighted by Gasteiger charge is -2.41. The highest BCUT2D eigenvalue weighted by Crippen LogP contribution is 2.34. The molecule has 1 fully saturated rings. The molecule has 0 radical (unpaired) electrons. The molecule has 5 N–H and O–H groups in total. The number of amides is 4. The molecule has 4 amide bonds. The fourth-order valence-corrected chi connectivity index (χ4v) is 10.7. The minimum atomic E-state index is -0.790. The maximum atomic E-state index is 14.7. The van der Waals surface area contributed by atoms with Crippen molar-refractivity contribution < 1.29 is 38.2 Å². The molecule has 2 heterocycles. The van der Waals surface area contributed by atoms with Gasteiger partial charge in [-0.05, 0) is 62.0 Å². The molecule has 1 aromatic heterocycles. The number of carbonyl (C=O) groups excluding carboxylic acids is 6. The summed E-state index contributed by atoms with van der Waals surface area (Å²) in [7, 11) is 6.49. The fraction of sp³-hybridized carbons (Fsp3) is 0.712. The van der Waals surface area contributed by atoms with E-state index in [9.17, 15) is 28.8 Å². The summed E-state index contributed by atoms with van der Waals surface area (Å²) in [5.41, 5.74) is 12.7. The van der Waals surface area contributed by atoms with E-state index in [1.165, 1.54) is 4.90 Å². The number of rotatable bonds is 31. The van der Waals surface area contributed by atoms with Crippen LogP contribution in [0, 0.1) is 29.6 Å². The smallest absolute Gasteiger partial charge is 0.236 e. The van der Waals surface area contributed by atoms with Gasteiger partial charge in [0.2, 0.25) is 23.6 Å². The molecule has 15 nitrogen and oxygen atoms in total. The van der Waals surface area contributed by atoms with Gasteiger partial charge >= 0.3 is 0 Å². The van der Waals surface area contributed by atoms with Crippen molar-refractivity contribution in [2.24, 2.45) is 41.1 Å². The summed E-state index contributed by atoms with van der Waals surface area (Å²) in [6, 6.07) is 7.82. The number of thiazole rings is 1. The second-order valence-corrected chi connectivity index (χ2v) is 20.6. The largest absolute Gasteiger partial charge is 0.379 e. The molecule has 2 aromatic rings. The highest BCUT2D eigenvalue weighted by Gasteiger charge is 2.43. The molecule has 0 aliphatic carbocycles. The summed E-state index contributed by atoms with van der Waals surface area (Å²) in [6.45, 7) is 14.7. The lowest BCUT2D eigenvalue weighted by molar-refractivity contribution is -0.149. The number of unbranched alkanes of at least 4 members (excludes halogenated alkanes) is 1. The second-order valence-electron chi connectivity index (χ2n) is 19.7. The molecule has 3 rings (SSSR count). The van der Waals surface area contributed by atoms with E-state index in [0.717, 1.165) is 29.8 Å². The number of ether oxygens (including phenoxy) is 2. The number of methoxy groups -OCH3 is 2. The number of Topliss-reactive ketones (excluding diaryl/α,β-unsaturated/α-hetero) is 2. The van der Waals surface area contributed by atoms with Crippen LogP contribution in [0.1, 0.15) is 129 Å². The first-order valence-corrected chi connectivity index (χ1v) is 25.8. The Morgan fingerprint density at radius 2 is 1.60 bits per heavy atom. The average molecular weight is 968 g/mol. The third-order valence-electron chi connectivity index (χ3n) is 14.2. The van der Waals surface area contributed by atoms with E-state index in [4.69, 9.17) is 20.9 Å². The van der Waals surface area contributed by atoms with Gasteiger partial charge in [0.1, 0.15) is 5.78 Å². The number of likely N-dealkylation sites (N-methyl/N-ethyl adjacent to an activating group) is 2. The predicted molar refractivity (Wildman–Crippen MR) is 269 cm³/mol. The van der Waals surface area contributed by atoms with Crippen molar-refractivity contribution in [3.8, 4) is 0 Å². The maximum absolute atomic E-state index is 14.7. The maximum Gasteiger partial charge on any atom is 0.236 e. The van der Waals surface area contributed by atoms with Crippen LogP contribution in [-0.4, -0.2) is 139 Å². The minimum Gasteiger partial charge on any atom is -0.379 e. The van der Waals surface area contributed by atoms with Crippen molar-refractivity contribution in [1.82, 2.24) is 25.0 Å². The number of hydrogen-bond donors (Lipinski definition) is 3. The van der Waals surface area contributed by atoms with E-state index in [-0.39, 0.29) is 90.7 Å². The Balaban J connectivity index is 1.74. The van der Waals surface area contributed by atoms with E-state index >= 15 is 0 Å². The molecule has 10 atom stereocenters. The molecule has 1 aliphatic rings. The van der Waals surface area contributed by atoms with Crippen molar-refractivity contribution in [2.45, 2.75) is 161 Å². The van der Waals surface area contributed by atoms with Gasteiger partial charge in [-0.3, -0.25) is 28.8 Å². The lowest BCUT2D eigenvalue weighted by Crippen LogP contribution is -2.54. The number of hydrogen-bond acceptors (Lipinski definition) is 12. The Morgan fingerprint density at radius 3 is 2.18 bits per heavy atom. The van der Waals surface area contributed by atoms with Crippen molar-refractivity contribution >= 4 is 46.5 Å². The number of ketones is 2. The summed E-state index contributed by atoms with van der Waals surface area (Å²) in [4.78, 5) is 93.0. The summed E-state index contributed by atoms with van der Waals surface area (Å²) < 4.78 is 12.2. The van der Waals surface area contributed by atoms with Crippen LogP contribution in [0.4, 0.5) is 0 Å². The molecular weight excluding hydrogens is 883 g/mol. The average Bonchev–Trinajstić information content (AvgIpc) is 4.04. The SMILES string of the molecule is CC[C@H](C)[C@@H](C(CC(=O)N1CCC[C@H]1C(OC)[C@@H](C)C(=O)CC(Cc1ccccc1)c1nccs1)OC)N(C)C(=O)C(CC(=O)[C@H](C(C)C)N(C)C(=O)CCNC(=O)C(N)CCCCN)C(C)C. The zero-order valence-corrected chi connectivity index (χ0v) is 43.8. The van der Waals surface area contributed by atoms with Crippen molar-refractivity contribution in [2.75, 3.05) is 47.9 Å². The summed E-state index contributed by atoms with van der Waals surface area (Å²) in [5, 5.41) is 5.59. The Labute approximate surface area is 411 Å². The monoisotopic (exact) mass is 968 g/mol. The van der Waals surface area contributed by atoms with E-state index in [1.807, 2.05) is 76.9 Å². The zero-order valence-electron chi connectivity index (χ0n) is 43.0. The number of benzene rings is 1. The molecule has 5 unspecified atom stereocenters. The minimum absolute atomic E-state index is 0.00979. The first-order chi connectivity index (χ1) is 32.3. The molecule has 382 valence electrons. The second kappa shape index (κ2) is 29.2. The van der Waals surface area contributed by atoms with Gasteiger partial charge in [0.25, 0.3) is 0 Å². The summed E-state index contributed by atoms with van der Waals surface area (Å²) in [6.07, 6.45) is 5.66. The highest BCUT2D eigenvalue weighted by atomic mass is 32.1. The quantitative estimate of drug-likeness (QED) is 0.0745. The van der Waals surface area contributed by atoms with Gasteiger partial charge in [-0.25, -0.2) is 4.98 Å². The Kier molecular flexibility index (Phi) is 25.0. The van der Waals surface area contributed by atoms with Crippen molar-refractivity contribution in [1.29, 1.82) is 0 Å². The molecule has 1 aromatic carbocycles. The third kappa shape index (κ3) is 16.5. The summed E-state index contributed by atoms with van der Waals surface area (Å²) >= 11 is 1.55. The summed E-state index contributed by atoms with van der Waals surface area (Å²) in [5.74, 6) is -2.97. The van der Waals surface area contributed by atoms with E-state index < -0.39 is 42.2 Å². The van der Waals surface area contributed by atoms with Crippen LogP contribution >= 0.6 is 11.3 Å². The Hall–Kier alpha value is -4.09. The van der Waals surface area contributed by atoms with Crippen LogP contribution in [0.2, 0.25) is 0 Å². The molecule has 68 heavy (non-hydrogen) atoms. The van der Waals surface area contributed by atoms with E-state index in [2.05, 4.69) is 22.4 Å². The number of likely N-dealkylation sites (tertiary alicyclic amines) is 1. The van der Waals surface area contributed by atoms with Crippen LogP contribution < -0.4 is 16.8 Å². The van der Waals surface area contributed by atoms with Gasteiger partial charge in [-0.2, -0.15) is 0 Å². The third-order valence-corrected chi connectivity index (χ3v) is 15.1. The van der Waals surface area contributed by atoms with Crippen LogP contribution in [0.3, 0.4) is 0 Å². The van der Waals surface area contributed by atoms with Gasteiger partial charge in [0.05, 0.1) is 47.8 Å². The number of nitrogens with one attached hydrogen (secondary N) is 1. The fourth-order valence-electron chi connectivity index (χ4n) is 9.99. The lowest BCUT2D eigenvalue weighted by atomic mass is 9.83. The van der Waals surface area contributed by atoms with Crippen LogP contribution in [-0.2, 0) is 44.7 Å². The molecular formula is C52H85N7O8S. The molecule has 1 saturated heterocycles. The molecule has 0 bridgehead atoms. The number of aromatic nitrogens is 1. The predicted octanol–water partition coefficient (Wildman–Crippen LogP) is 6.03. The van der Waals surface area contributed by atoms with Crippen molar-refractivity contribution in [3.05, 3.63) is 52.5 Å². The standard InChI is InChI=1S/C52H85N7O8S/c1-12-35(6)48(58(9)52(65)39(33(2)3)31-43(61)47(34(4)5)57(8)45(62)23-25-55-50(64)40(54)21-16-17-24-53)44(66-10)32-46(63)59-27-18-22-41(59)49(67-11)36(7)42(60)30-38(51-56-26-28-68-51)29-37-19-14-13-15-20-37/h13-15,19-20,26,28,33-36,38-41,44,47-49H,12,16-18,21-25,27,29-32,53-54H2,1-11H3,(H,55,64)/t35-,36-,38?,39?,40?,41-,44?,47-,48-,49?/m0/s1. The number of carbonyl (C=O) groups is 6. The van der Waals surface area contributed by atoms with Gasteiger partial charge in [0.15, 0.2) is 5.78 Å². The van der Waals surface area contributed by atoms with Crippen molar-refractivity contribution in [3.63, 3.8) is 0 Å². The van der Waals surface area contributed by atoms with Crippen LogP contribution in [0.15, 0.2) is 41.9 Å². The first kappa shape index (κ1) is 58.2. The number of nitrogens with two attached hydrogens (primary N) is 2.